The third-order valence-electron chi connectivity index (χ3n) is 2.38. The fourth-order valence-corrected chi connectivity index (χ4v) is 1.50. The summed E-state index contributed by atoms with van der Waals surface area (Å²) in [7, 11) is 0. The van der Waals surface area contributed by atoms with Crippen LogP contribution in [0.15, 0.2) is 12.1 Å². The largest absolute Gasteiger partial charge is 0.473 e. The Hall–Kier alpha value is -1.49. The number of nitrogens with zero attached hydrogens (tertiary/aromatic N) is 1. The van der Waals surface area contributed by atoms with Crippen molar-refractivity contribution in [1.82, 2.24) is 4.98 Å². The number of anilines is 2. The van der Waals surface area contributed by atoms with Crippen LogP contribution < -0.4 is 15.8 Å². The minimum Gasteiger partial charge on any atom is -0.473 e. The Kier molecular flexibility index (Phi) is 6.28. The van der Waals surface area contributed by atoms with Gasteiger partial charge in [0.05, 0.1) is 11.8 Å². The predicted molar refractivity (Wildman–Crippen MR) is 73.8 cm³/mol. The van der Waals surface area contributed by atoms with Crippen molar-refractivity contribution in [1.29, 1.82) is 0 Å². The van der Waals surface area contributed by atoms with Crippen LogP contribution in [0.1, 0.15) is 33.1 Å². The number of ether oxygens (including phenoxy) is 1. The van der Waals surface area contributed by atoms with Gasteiger partial charge in [-0.1, -0.05) is 0 Å². The van der Waals surface area contributed by atoms with Crippen LogP contribution in [0.5, 0.6) is 5.88 Å². The number of aliphatic hydroxyl groups is 1. The van der Waals surface area contributed by atoms with E-state index in [2.05, 4.69) is 10.3 Å². The average molecular weight is 253 g/mol. The van der Waals surface area contributed by atoms with Crippen LogP contribution in [0.3, 0.4) is 0 Å². The number of rotatable bonds is 8. The molecule has 0 aromatic carbocycles. The molecule has 4 N–H and O–H groups in total. The van der Waals surface area contributed by atoms with Crippen molar-refractivity contribution in [3.63, 3.8) is 0 Å². The highest BCUT2D eigenvalue weighted by Gasteiger charge is 2.06. The lowest BCUT2D eigenvalue weighted by Gasteiger charge is -2.12. The van der Waals surface area contributed by atoms with E-state index in [9.17, 15) is 0 Å². The lowest BCUT2D eigenvalue weighted by Crippen LogP contribution is -2.11. The molecule has 0 aliphatic rings. The van der Waals surface area contributed by atoms with Crippen LogP contribution in [-0.2, 0) is 0 Å². The van der Waals surface area contributed by atoms with E-state index in [1.165, 1.54) is 0 Å². The van der Waals surface area contributed by atoms with Crippen molar-refractivity contribution < 1.29 is 9.84 Å². The van der Waals surface area contributed by atoms with Crippen molar-refractivity contribution in [2.75, 3.05) is 24.2 Å². The minimum absolute atomic E-state index is 0.0552. The summed E-state index contributed by atoms with van der Waals surface area (Å²) >= 11 is 0. The molecule has 102 valence electrons. The number of nitrogens with two attached hydrogens (primary N) is 1. The van der Waals surface area contributed by atoms with Crippen LogP contribution in [0.4, 0.5) is 11.5 Å². The number of hydrogen-bond donors (Lipinski definition) is 3. The molecule has 5 heteroatoms. The zero-order chi connectivity index (χ0) is 13.4. The Bertz CT molecular complexity index is 356. The highest BCUT2D eigenvalue weighted by molar-refractivity contribution is 5.53. The third kappa shape index (κ3) is 5.23. The molecule has 1 aromatic rings. The van der Waals surface area contributed by atoms with Gasteiger partial charge in [0, 0.05) is 13.2 Å². The first-order valence-electron chi connectivity index (χ1n) is 6.41. The van der Waals surface area contributed by atoms with Crippen molar-refractivity contribution >= 4 is 11.5 Å². The molecule has 0 atom stereocenters. The van der Waals surface area contributed by atoms with Crippen molar-refractivity contribution in [3.8, 4) is 5.88 Å². The maximum atomic E-state index is 8.67. The second kappa shape index (κ2) is 7.76. The van der Waals surface area contributed by atoms with Crippen LogP contribution >= 0.6 is 0 Å². The number of pyridine rings is 1. The first kappa shape index (κ1) is 14.6. The second-order valence-electron chi connectivity index (χ2n) is 4.47. The van der Waals surface area contributed by atoms with E-state index >= 15 is 0 Å². The summed E-state index contributed by atoms with van der Waals surface area (Å²) in [5.41, 5.74) is 6.34. The maximum Gasteiger partial charge on any atom is 0.239 e. The molecule has 18 heavy (non-hydrogen) atoms. The molecule has 0 aliphatic carbocycles. The quantitative estimate of drug-likeness (QED) is 0.618. The van der Waals surface area contributed by atoms with Crippen LogP contribution in [-0.4, -0.2) is 29.3 Å². The van der Waals surface area contributed by atoms with E-state index in [-0.39, 0.29) is 12.7 Å². The molecular weight excluding hydrogens is 230 g/mol. The van der Waals surface area contributed by atoms with Gasteiger partial charge in [-0.3, -0.25) is 0 Å². The molecule has 1 heterocycles. The molecule has 0 unspecified atom stereocenters. The van der Waals surface area contributed by atoms with Crippen LogP contribution in [0, 0.1) is 0 Å². The Morgan fingerprint density at radius 1 is 1.33 bits per heavy atom. The van der Waals surface area contributed by atoms with Gasteiger partial charge in [0.25, 0.3) is 0 Å². The van der Waals surface area contributed by atoms with E-state index in [0.29, 0.717) is 11.6 Å². The lowest BCUT2D eigenvalue weighted by atomic mass is 10.2. The summed E-state index contributed by atoms with van der Waals surface area (Å²) in [4.78, 5) is 4.32. The molecule has 0 aliphatic heterocycles. The number of unbranched alkanes of at least 4 members (excludes halogenated alkanes) is 2. The summed E-state index contributed by atoms with van der Waals surface area (Å²) in [6, 6.07) is 3.63. The molecule has 0 saturated carbocycles. The van der Waals surface area contributed by atoms with Gasteiger partial charge in [-0.05, 0) is 45.2 Å². The van der Waals surface area contributed by atoms with Gasteiger partial charge in [-0.25, -0.2) is 0 Å². The zero-order valence-corrected chi connectivity index (χ0v) is 11.1. The molecular formula is C13H23N3O2. The highest BCUT2D eigenvalue weighted by atomic mass is 16.5. The molecule has 0 saturated heterocycles. The van der Waals surface area contributed by atoms with Gasteiger partial charge in [-0.2, -0.15) is 4.98 Å². The standard InChI is InChI=1S/C13H23N3O2/c1-10(2)18-13-11(14)6-7-12(16-13)15-8-4-3-5-9-17/h6-7,10,17H,3-5,8-9,14H2,1-2H3,(H,15,16). The van der Waals surface area contributed by atoms with Gasteiger partial charge in [-0.15, -0.1) is 0 Å². The van der Waals surface area contributed by atoms with E-state index in [1.807, 2.05) is 19.9 Å². The van der Waals surface area contributed by atoms with Crippen molar-refractivity contribution in [2.24, 2.45) is 0 Å². The normalized spacial score (nSPS) is 10.7. The van der Waals surface area contributed by atoms with Gasteiger partial charge in [0.1, 0.15) is 5.82 Å². The minimum atomic E-state index is 0.0552. The smallest absolute Gasteiger partial charge is 0.239 e. The van der Waals surface area contributed by atoms with Gasteiger partial charge in [0.15, 0.2) is 0 Å². The van der Waals surface area contributed by atoms with Crippen LogP contribution in [0.25, 0.3) is 0 Å². The number of hydrogen-bond acceptors (Lipinski definition) is 5. The van der Waals surface area contributed by atoms with E-state index in [4.69, 9.17) is 15.6 Å². The summed E-state index contributed by atoms with van der Waals surface area (Å²) in [6.45, 7) is 4.97. The number of aliphatic hydroxyl groups excluding tert-OH is 1. The molecule has 0 amide bonds. The van der Waals surface area contributed by atoms with Gasteiger partial charge in [0.2, 0.25) is 5.88 Å². The average Bonchev–Trinajstić information content (AvgIpc) is 2.32. The summed E-state index contributed by atoms with van der Waals surface area (Å²) in [6.07, 6.45) is 2.92. The molecule has 0 spiro atoms. The Labute approximate surface area is 108 Å². The Balaban J connectivity index is 2.46. The van der Waals surface area contributed by atoms with Gasteiger partial charge >= 0.3 is 0 Å². The number of nitrogen functional groups attached to an aromatic ring is 1. The Morgan fingerprint density at radius 2 is 2.11 bits per heavy atom. The number of aromatic nitrogens is 1. The topological polar surface area (TPSA) is 80.4 Å². The molecule has 0 bridgehead atoms. The first-order chi connectivity index (χ1) is 8.63. The van der Waals surface area contributed by atoms with E-state index < -0.39 is 0 Å². The van der Waals surface area contributed by atoms with E-state index in [1.54, 1.807) is 6.07 Å². The molecule has 1 aromatic heterocycles. The highest BCUT2D eigenvalue weighted by Crippen LogP contribution is 2.21. The monoisotopic (exact) mass is 253 g/mol. The van der Waals surface area contributed by atoms with Gasteiger partial charge < -0.3 is 20.9 Å². The molecule has 5 nitrogen and oxygen atoms in total. The maximum absolute atomic E-state index is 8.67. The zero-order valence-electron chi connectivity index (χ0n) is 11.1. The second-order valence-corrected chi connectivity index (χ2v) is 4.47. The summed E-state index contributed by atoms with van der Waals surface area (Å²) in [5.74, 6) is 1.24. The fraction of sp³-hybridized carbons (Fsp3) is 0.615. The molecule has 0 fully saturated rings. The summed E-state index contributed by atoms with van der Waals surface area (Å²) in [5, 5.41) is 11.9. The first-order valence-corrected chi connectivity index (χ1v) is 6.41. The van der Waals surface area contributed by atoms with Crippen LogP contribution in [0.2, 0.25) is 0 Å². The molecule has 0 radical (unpaired) electrons. The van der Waals surface area contributed by atoms with Crippen molar-refractivity contribution in [3.05, 3.63) is 12.1 Å². The number of nitrogens with one attached hydrogen (secondary N) is 1. The SMILES string of the molecule is CC(C)Oc1nc(NCCCCCO)ccc1N. The lowest BCUT2D eigenvalue weighted by molar-refractivity contribution is 0.234. The van der Waals surface area contributed by atoms with E-state index in [0.717, 1.165) is 31.6 Å². The fourth-order valence-electron chi connectivity index (χ4n) is 1.50. The predicted octanol–water partition coefficient (Wildman–Crippen LogP) is 2.03. The summed E-state index contributed by atoms with van der Waals surface area (Å²) < 4.78 is 5.52. The van der Waals surface area contributed by atoms with Crippen molar-refractivity contribution in [2.45, 2.75) is 39.2 Å². The third-order valence-corrected chi connectivity index (χ3v) is 2.38. The Morgan fingerprint density at radius 3 is 2.78 bits per heavy atom. The molecule has 1 rings (SSSR count).